The van der Waals surface area contributed by atoms with Crippen LogP contribution in [0.4, 0.5) is 0 Å². The van der Waals surface area contributed by atoms with E-state index in [-0.39, 0.29) is 30.3 Å². The Balaban J connectivity index is 1.98. The monoisotopic (exact) mass is 283 g/mol. The Morgan fingerprint density at radius 3 is 2.25 bits per heavy atom. The highest BCUT2D eigenvalue weighted by Crippen LogP contribution is 2.40. The van der Waals surface area contributed by atoms with Gasteiger partial charge in [-0.1, -0.05) is 0 Å². The topological polar surface area (TPSA) is 66.8 Å². The van der Waals surface area contributed by atoms with E-state index in [1.165, 1.54) is 0 Å². The number of carbonyl (C=O) groups excluding carboxylic acids is 1. The van der Waals surface area contributed by atoms with Crippen LogP contribution in [0.3, 0.4) is 0 Å². The molecule has 2 unspecified atom stereocenters. The van der Waals surface area contributed by atoms with Gasteiger partial charge in [-0.3, -0.25) is 9.59 Å². The first kappa shape index (κ1) is 15.3. The van der Waals surface area contributed by atoms with Crippen molar-refractivity contribution in [3.63, 3.8) is 0 Å². The summed E-state index contributed by atoms with van der Waals surface area (Å²) in [6, 6.07) is 0.469. The predicted molar refractivity (Wildman–Crippen MR) is 74.3 cm³/mol. The molecule has 2 atom stereocenters. The highest BCUT2D eigenvalue weighted by Gasteiger charge is 2.44. The van der Waals surface area contributed by atoms with E-state index in [2.05, 4.69) is 0 Å². The molecule has 0 radical (unpaired) electrons. The van der Waals surface area contributed by atoms with Crippen LogP contribution in [0.2, 0.25) is 0 Å². The Bertz CT molecular complexity index is 379. The van der Waals surface area contributed by atoms with E-state index in [1.54, 1.807) is 7.11 Å². The second-order valence-corrected chi connectivity index (χ2v) is 6.76. The molecule has 0 spiro atoms. The average Bonchev–Trinajstić information content (AvgIpc) is 2.60. The average molecular weight is 283 g/mol. The summed E-state index contributed by atoms with van der Waals surface area (Å²) in [4.78, 5) is 25.4. The number of hydrogen-bond donors (Lipinski definition) is 1. The third-order valence-electron chi connectivity index (χ3n) is 4.71. The summed E-state index contributed by atoms with van der Waals surface area (Å²) >= 11 is 0. The molecule has 2 aliphatic heterocycles. The maximum absolute atomic E-state index is 12.5. The van der Waals surface area contributed by atoms with E-state index < -0.39 is 11.6 Å². The summed E-state index contributed by atoms with van der Waals surface area (Å²) in [6.07, 6.45) is 4.32. The van der Waals surface area contributed by atoms with Crippen molar-refractivity contribution in [2.24, 2.45) is 5.92 Å². The van der Waals surface area contributed by atoms with E-state index in [9.17, 15) is 9.59 Å². The number of rotatable bonds is 5. The molecule has 1 amide bonds. The molecule has 0 aliphatic carbocycles. The molecule has 20 heavy (non-hydrogen) atoms. The molecule has 0 aromatic carbocycles. The molecule has 5 heteroatoms. The highest BCUT2D eigenvalue weighted by molar-refractivity contribution is 5.78. The number of aliphatic carboxylic acids is 1. The minimum absolute atomic E-state index is 0.151. The Hall–Kier alpha value is -1.10. The summed E-state index contributed by atoms with van der Waals surface area (Å²) in [7, 11) is 1.63. The lowest BCUT2D eigenvalue weighted by molar-refractivity contribution is -0.142. The molecule has 0 aromatic heterocycles. The summed E-state index contributed by atoms with van der Waals surface area (Å²) in [5.74, 6) is -0.350. The smallest absolute Gasteiger partial charge is 0.303 e. The Morgan fingerprint density at radius 2 is 1.80 bits per heavy atom. The standard InChI is InChI=1S/C15H25NO4/c1-15(2,20-3)9-13(17)16-11-4-5-12(16)7-10(6-11)8-14(18)19/h10-12H,4-9H2,1-3H3,(H,18,19). The fourth-order valence-electron chi connectivity index (χ4n) is 3.64. The van der Waals surface area contributed by atoms with Crippen LogP contribution in [0, 0.1) is 5.92 Å². The Labute approximate surface area is 120 Å². The van der Waals surface area contributed by atoms with Crippen molar-refractivity contribution in [2.45, 2.75) is 70.1 Å². The van der Waals surface area contributed by atoms with Crippen molar-refractivity contribution in [2.75, 3.05) is 7.11 Å². The zero-order chi connectivity index (χ0) is 14.9. The first-order valence-corrected chi connectivity index (χ1v) is 7.40. The van der Waals surface area contributed by atoms with Gasteiger partial charge in [0.15, 0.2) is 0 Å². The summed E-state index contributed by atoms with van der Waals surface area (Å²) in [6.45, 7) is 3.84. The lowest BCUT2D eigenvalue weighted by Crippen LogP contribution is -2.48. The Morgan fingerprint density at radius 1 is 1.25 bits per heavy atom. The van der Waals surface area contributed by atoms with Crippen molar-refractivity contribution in [3.8, 4) is 0 Å². The molecule has 114 valence electrons. The zero-order valence-corrected chi connectivity index (χ0v) is 12.6. The first-order valence-electron chi connectivity index (χ1n) is 7.40. The molecule has 2 aliphatic rings. The number of fused-ring (bicyclic) bond motifs is 2. The van der Waals surface area contributed by atoms with Crippen LogP contribution in [0.5, 0.6) is 0 Å². The van der Waals surface area contributed by atoms with E-state index in [4.69, 9.17) is 9.84 Å². The highest BCUT2D eigenvalue weighted by atomic mass is 16.5. The molecule has 2 saturated heterocycles. The van der Waals surface area contributed by atoms with E-state index in [0.717, 1.165) is 25.7 Å². The van der Waals surface area contributed by atoms with Gasteiger partial charge in [0.05, 0.1) is 12.0 Å². The number of hydrogen-bond acceptors (Lipinski definition) is 3. The molecule has 0 aromatic rings. The molecule has 2 heterocycles. The normalized spacial score (nSPS) is 29.6. The first-order chi connectivity index (χ1) is 9.32. The number of methoxy groups -OCH3 is 1. The van der Waals surface area contributed by atoms with Crippen molar-refractivity contribution >= 4 is 11.9 Å². The number of amides is 1. The third-order valence-corrected chi connectivity index (χ3v) is 4.71. The number of nitrogens with zero attached hydrogens (tertiary/aromatic N) is 1. The van der Waals surface area contributed by atoms with Crippen LogP contribution in [-0.4, -0.2) is 46.7 Å². The van der Waals surface area contributed by atoms with Crippen LogP contribution in [0.25, 0.3) is 0 Å². The van der Waals surface area contributed by atoms with Crippen molar-refractivity contribution in [1.82, 2.24) is 4.90 Å². The van der Waals surface area contributed by atoms with Crippen molar-refractivity contribution < 1.29 is 19.4 Å². The fourth-order valence-corrected chi connectivity index (χ4v) is 3.64. The lowest BCUT2D eigenvalue weighted by atomic mass is 9.87. The largest absolute Gasteiger partial charge is 0.481 e. The van der Waals surface area contributed by atoms with Crippen LogP contribution < -0.4 is 0 Å². The molecule has 2 fully saturated rings. The zero-order valence-electron chi connectivity index (χ0n) is 12.6. The Kier molecular flexibility index (Phi) is 4.37. The molecule has 0 saturated carbocycles. The minimum atomic E-state index is -0.727. The number of piperidine rings is 1. The van der Waals surface area contributed by atoms with Crippen LogP contribution in [-0.2, 0) is 14.3 Å². The molecule has 2 rings (SSSR count). The quantitative estimate of drug-likeness (QED) is 0.838. The molecule has 2 bridgehead atoms. The van der Waals surface area contributed by atoms with Crippen molar-refractivity contribution in [1.29, 1.82) is 0 Å². The second-order valence-electron chi connectivity index (χ2n) is 6.76. The lowest BCUT2D eigenvalue weighted by Gasteiger charge is -2.40. The van der Waals surface area contributed by atoms with Gasteiger partial charge in [-0.25, -0.2) is 0 Å². The minimum Gasteiger partial charge on any atom is -0.481 e. The van der Waals surface area contributed by atoms with Gasteiger partial charge < -0.3 is 14.7 Å². The van der Waals surface area contributed by atoms with Gasteiger partial charge in [-0.05, 0) is 45.4 Å². The van der Waals surface area contributed by atoms with Gasteiger partial charge in [-0.15, -0.1) is 0 Å². The third kappa shape index (κ3) is 3.32. The van der Waals surface area contributed by atoms with Crippen LogP contribution >= 0.6 is 0 Å². The molecular weight excluding hydrogens is 258 g/mol. The molecular formula is C15H25NO4. The van der Waals surface area contributed by atoms with Gasteiger partial charge >= 0.3 is 5.97 Å². The maximum Gasteiger partial charge on any atom is 0.303 e. The predicted octanol–water partition coefficient (Wildman–Crippen LogP) is 2.05. The van der Waals surface area contributed by atoms with Gasteiger partial charge in [0.25, 0.3) is 0 Å². The van der Waals surface area contributed by atoms with E-state index in [1.807, 2.05) is 18.7 Å². The SMILES string of the molecule is COC(C)(C)CC(=O)N1C2CCC1CC(CC(=O)O)C2. The number of carbonyl (C=O) groups is 2. The fraction of sp³-hybridized carbons (Fsp3) is 0.867. The van der Waals surface area contributed by atoms with Crippen LogP contribution in [0.1, 0.15) is 52.4 Å². The maximum atomic E-state index is 12.5. The van der Waals surface area contributed by atoms with Gasteiger partial charge in [0, 0.05) is 25.6 Å². The van der Waals surface area contributed by atoms with Gasteiger partial charge in [-0.2, -0.15) is 0 Å². The van der Waals surface area contributed by atoms with Crippen LogP contribution in [0.15, 0.2) is 0 Å². The van der Waals surface area contributed by atoms with Crippen molar-refractivity contribution in [3.05, 3.63) is 0 Å². The number of carboxylic acids is 1. The number of ether oxygens (including phenoxy) is 1. The summed E-state index contributed by atoms with van der Waals surface area (Å²) in [5.41, 5.74) is -0.436. The van der Waals surface area contributed by atoms with E-state index >= 15 is 0 Å². The van der Waals surface area contributed by atoms with Gasteiger partial charge in [0.2, 0.25) is 5.91 Å². The van der Waals surface area contributed by atoms with Gasteiger partial charge in [0.1, 0.15) is 0 Å². The summed E-state index contributed by atoms with van der Waals surface area (Å²) < 4.78 is 5.34. The number of carboxylic acid groups (broad SMARTS) is 1. The molecule has 1 N–H and O–H groups in total. The second kappa shape index (κ2) is 5.72. The summed E-state index contributed by atoms with van der Waals surface area (Å²) in [5, 5.41) is 8.92. The molecule has 5 nitrogen and oxygen atoms in total. The van der Waals surface area contributed by atoms with E-state index in [0.29, 0.717) is 6.42 Å².